The molecule has 3 aliphatic heterocycles. The third-order valence-corrected chi connectivity index (χ3v) is 7.56. The van der Waals surface area contributed by atoms with E-state index < -0.39 is 41.6 Å². The molecule has 8 heteroatoms. The number of benzene rings is 3. The van der Waals surface area contributed by atoms with Gasteiger partial charge in [-0.05, 0) is 48.5 Å². The number of imide groups is 1. The standard InChI is InChI=1S/C30H20ClFN2O4/c31-20-11-9-18(10-12-20)28(36)26-25-24(29(37)34(30(25)38)22-8-4-7-21(32)16-22)23-15-19(13-14-33(23)26)27(35)17-5-2-1-3-6-17/h1-16,23-26H/t23-,24-,25-,26+/m1/s1. The fourth-order valence-corrected chi connectivity index (χ4v) is 5.73. The van der Waals surface area contributed by atoms with Crippen LogP contribution in [0.1, 0.15) is 20.7 Å². The average molecular weight is 527 g/mol. The van der Waals surface area contributed by atoms with Crippen molar-refractivity contribution in [2.45, 2.75) is 12.1 Å². The van der Waals surface area contributed by atoms with Crippen molar-refractivity contribution in [2.24, 2.45) is 11.8 Å². The summed E-state index contributed by atoms with van der Waals surface area (Å²) in [5, 5.41) is 0.456. The molecule has 3 aromatic carbocycles. The molecule has 38 heavy (non-hydrogen) atoms. The number of halogens is 2. The Morgan fingerprint density at radius 1 is 0.816 bits per heavy atom. The monoisotopic (exact) mass is 526 g/mol. The molecule has 3 aromatic rings. The Hall–Kier alpha value is -4.36. The van der Waals surface area contributed by atoms with Gasteiger partial charge in [0.2, 0.25) is 11.8 Å². The molecule has 6 nitrogen and oxygen atoms in total. The maximum Gasteiger partial charge on any atom is 0.240 e. The maximum absolute atomic E-state index is 14.0. The molecular formula is C30H20ClFN2O4. The molecule has 2 saturated heterocycles. The molecule has 4 atom stereocenters. The molecule has 3 heterocycles. The van der Waals surface area contributed by atoms with Crippen LogP contribution in [0.5, 0.6) is 0 Å². The van der Waals surface area contributed by atoms with Gasteiger partial charge in [0.25, 0.3) is 0 Å². The summed E-state index contributed by atoms with van der Waals surface area (Å²) in [6.07, 6.45) is 4.88. The summed E-state index contributed by atoms with van der Waals surface area (Å²) < 4.78 is 14.0. The molecule has 0 unspecified atom stereocenters. The highest BCUT2D eigenvalue weighted by molar-refractivity contribution is 6.30. The summed E-state index contributed by atoms with van der Waals surface area (Å²) in [6.45, 7) is 0. The van der Waals surface area contributed by atoms with Gasteiger partial charge in [0.05, 0.1) is 23.6 Å². The third kappa shape index (κ3) is 3.78. The first-order chi connectivity index (χ1) is 18.3. The van der Waals surface area contributed by atoms with Crippen LogP contribution in [0.25, 0.3) is 0 Å². The topological polar surface area (TPSA) is 74.8 Å². The van der Waals surface area contributed by atoms with Crippen molar-refractivity contribution in [3.05, 3.63) is 125 Å². The van der Waals surface area contributed by atoms with Crippen LogP contribution in [0.4, 0.5) is 10.1 Å². The van der Waals surface area contributed by atoms with Crippen molar-refractivity contribution < 1.29 is 23.6 Å². The average Bonchev–Trinajstić information content (AvgIpc) is 3.40. The second-order valence-corrected chi connectivity index (χ2v) is 9.87. The minimum Gasteiger partial charge on any atom is -0.359 e. The number of carbonyl (C=O) groups excluding carboxylic acids is 4. The summed E-state index contributed by atoms with van der Waals surface area (Å²) in [6, 6.07) is 18.6. The van der Waals surface area contributed by atoms with Gasteiger partial charge in [-0.2, -0.15) is 0 Å². The van der Waals surface area contributed by atoms with Crippen LogP contribution in [-0.4, -0.2) is 40.4 Å². The van der Waals surface area contributed by atoms with Gasteiger partial charge in [-0.15, -0.1) is 0 Å². The van der Waals surface area contributed by atoms with Gasteiger partial charge in [-0.1, -0.05) is 54.1 Å². The number of carbonyl (C=O) groups is 4. The first-order valence-electron chi connectivity index (χ1n) is 12.1. The van der Waals surface area contributed by atoms with E-state index in [9.17, 15) is 23.6 Å². The highest BCUT2D eigenvalue weighted by atomic mass is 35.5. The van der Waals surface area contributed by atoms with Gasteiger partial charge >= 0.3 is 0 Å². The minimum atomic E-state index is -1.02. The van der Waals surface area contributed by atoms with Gasteiger partial charge in [0, 0.05) is 27.9 Å². The van der Waals surface area contributed by atoms with Crippen molar-refractivity contribution >= 4 is 40.7 Å². The molecule has 2 amide bonds. The smallest absolute Gasteiger partial charge is 0.240 e. The van der Waals surface area contributed by atoms with Crippen LogP contribution in [0.2, 0.25) is 5.02 Å². The molecule has 0 aromatic heterocycles. The number of rotatable bonds is 5. The summed E-state index contributed by atoms with van der Waals surface area (Å²) >= 11 is 6.01. The van der Waals surface area contributed by atoms with E-state index >= 15 is 0 Å². The first kappa shape index (κ1) is 24.0. The highest BCUT2D eigenvalue weighted by Gasteiger charge is 2.63. The van der Waals surface area contributed by atoms with Crippen molar-refractivity contribution in [1.29, 1.82) is 0 Å². The fourth-order valence-electron chi connectivity index (χ4n) is 5.61. The van der Waals surface area contributed by atoms with E-state index in [1.807, 2.05) is 6.07 Å². The summed E-state index contributed by atoms with van der Waals surface area (Å²) in [4.78, 5) is 57.1. The van der Waals surface area contributed by atoms with Crippen molar-refractivity contribution in [2.75, 3.05) is 4.90 Å². The molecule has 0 saturated carbocycles. The molecule has 0 N–H and O–H groups in total. The van der Waals surface area contributed by atoms with Crippen LogP contribution < -0.4 is 4.90 Å². The van der Waals surface area contributed by atoms with Crippen LogP contribution in [0.15, 0.2) is 103 Å². The predicted octanol–water partition coefficient (Wildman–Crippen LogP) is 4.86. The maximum atomic E-state index is 14.0. The van der Waals surface area contributed by atoms with Crippen molar-refractivity contribution in [1.82, 2.24) is 4.90 Å². The number of fused-ring (bicyclic) bond motifs is 3. The lowest BCUT2D eigenvalue weighted by molar-refractivity contribution is -0.123. The number of hydrogen-bond donors (Lipinski definition) is 0. The van der Waals surface area contributed by atoms with Gasteiger partial charge in [0.1, 0.15) is 11.9 Å². The van der Waals surface area contributed by atoms with Crippen molar-refractivity contribution in [3.8, 4) is 0 Å². The van der Waals surface area contributed by atoms with Gasteiger partial charge in [-0.3, -0.25) is 19.2 Å². The number of ketones is 2. The fraction of sp³-hybridized carbons (Fsp3) is 0.133. The zero-order valence-electron chi connectivity index (χ0n) is 19.8. The van der Waals surface area contributed by atoms with E-state index in [0.717, 1.165) is 11.0 Å². The molecule has 0 bridgehead atoms. The van der Waals surface area contributed by atoms with E-state index in [1.165, 1.54) is 18.2 Å². The van der Waals surface area contributed by atoms with E-state index in [0.29, 0.717) is 21.7 Å². The van der Waals surface area contributed by atoms with Gasteiger partial charge in [-0.25, -0.2) is 9.29 Å². The molecule has 6 rings (SSSR count). The van der Waals surface area contributed by atoms with Gasteiger partial charge in [0.15, 0.2) is 11.6 Å². The summed E-state index contributed by atoms with van der Waals surface area (Å²) in [5.74, 6) is -4.25. The molecule has 0 radical (unpaired) electrons. The molecule has 2 fully saturated rings. The Bertz CT molecular complexity index is 1550. The van der Waals surface area contributed by atoms with Crippen LogP contribution in [0.3, 0.4) is 0 Å². The van der Waals surface area contributed by atoms with E-state index in [4.69, 9.17) is 11.6 Å². The second kappa shape index (κ2) is 9.19. The van der Waals surface area contributed by atoms with E-state index in [-0.39, 0.29) is 17.3 Å². The Kier molecular flexibility index (Phi) is 5.80. The van der Waals surface area contributed by atoms with Crippen molar-refractivity contribution in [3.63, 3.8) is 0 Å². The number of nitrogens with zero attached hydrogens (tertiary/aromatic N) is 2. The second-order valence-electron chi connectivity index (χ2n) is 9.43. The first-order valence-corrected chi connectivity index (χ1v) is 12.4. The van der Waals surface area contributed by atoms with Crippen LogP contribution >= 0.6 is 11.6 Å². The quantitative estimate of drug-likeness (QED) is 0.351. The SMILES string of the molecule is O=C(C1=C[C@@H]2[C@H]3C(=O)N(c4cccc(F)c4)C(=O)[C@H]3[C@@H](C(=O)c3ccc(Cl)cc3)N2C=C1)c1ccccc1. The highest BCUT2D eigenvalue weighted by Crippen LogP contribution is 2.47. The number of allylic oxidation sites excluding steroid dienone is 2. The molecule has 0 spiro atoms. The molecule has 3 aliphatic rings. The Balaban J connectivity index is 1.44. The molecular weight excluding hydrogens is 507 g/mol. The largest absolute Gasteiger partial charge is 0.359 e. The predicted molar refractivity (Wildman–Crippen MR) is 139 cm³/mol. The number of Topliss-reactive ketones (excluding diaryl/α,β-unsaturated/α-hetero) is 2. The van der Waals surface area contributed by atoms with Crippen LogP contribution in [0, 0.1) is 17.7 Å². The van der Waals surface area contributed by atoms with Gasteiger partial charge < -0.3 is 4.90 Å². The lowest BCUT2D eigenvalue weighted by atomic mass is 9.85. The minimum absolute atomic E-state index is 0.106. The Labute approximate surface area is 222 Å². The number of anilines is 1. The lowest BCUT2D eigenvalue weighted by Crippen LogP contribution is -2.46. The van der Waals surface area contributed by atoms with E-state index in [1.54, 1.807) is 71.8 Å². The Morgan fingerprint density at radius 2 is 1.53 bits per heavy atom. The molecule has 188 valence electrons. The summed E-state index contributed by atoms with van der Waals surface area (Å²) in [7, 11) is 0. The summed E-state index contributed by atoms with van der Waals surface area (Å²) in [5.41, 5.74) is 1.29. The zero-order valence-corrected chi connectivity index (χ0v) is 20.6. The lowest BCUT2D eigenvalue weighted by Gasteiger charge is -2.32. The normalized spacial score (nSPS) is 23.8. The molecule has 0 aliphatic carbocycles. The number of hydrogen-bond acceptors (Lipinski definition) is 5. The van der Waals surface area contributed by atoms with Crippen LogP contribution in [-0.2, 0) is 9.59 Å². The third-order valence-electron chi connectivity index (χ3n) is 7.31. The zero-order chi connectivity index (χ0) is 26.6. The number of amides is 2. The van der Waals surface area contributed by atoms with E-state index in [2.05, 4.69) is 0 Å². The Morgan fingerprint density at radius 3 is 2.24 bits per heavy atom.